The van der Waals surface area contributed by atoms with E-state index in [0.29, 0.717) is 17.1 Å². The minimum atomic E-state index is -3.08. The highest BCUT2D eigenvalue weighted by Crippen LogP contribution is 2.53. The van der Waals surface area contributed by atoms with Crippen LogP contribution >= 0.6 is 7.14 Å². The van der Waals surface area contributed by atoms with Gasteiger partial charge in [-0.1, -0.05) is 73.7 Å². The minimum absolute atomic E-state index is 0.178. The number of rotatable bonds is 5. The van der Waals surface area contributed by atoms with Gasteiger partial charge in [-0.15, -0.1) is 0 Å². The van der Waals surface area contributed by atoms with Crippen LogP contribution in [0.25, 0.3) is 0 Å². The summed E-state index contributed by atoms with van der Waals surface area (Å²) >= 11 is 0. The summed E-state index contributed by atoms with van der Waals surface area (Å²) in [4.78, 5) is 0. The third-order valence-corrected chi connectivity index (χ3v) is 8.61. The molecule has 0 saturated heterocycles. The summed E-state index contributed by atoms with van der Waals surface area (Å²) in [6.45, 7) is 2.02. The van der Waals surface area contributed by atoms with E-state index in [-0.39, 0.29) is 6.79 Å². The molecule has 138 valence electrons. The molecule has 0 bridgehead atoms. The zero-order chi connectivity index (χ0) is 18.9. The van der Waals surface area contributed by atoms with Gasteiger partial charge in [0.2, 0.25) is 6.79 Å². The van der Waals surface area contributed by atoms with Gasteiger partial charge < -0.3 is 19.1 Å². The number of hydrogen-bond acceptors (Lipinski definition) is 4. The minimum Gasteiger partial charge on any atom is -0.454 e. The highest BCUT2D eigenvalue weighted by molar-refractivity contribution is 7.79. The molecule has 0 unspecified atom stereocenters. The number of aliphatic hydroxyl groups is 1. The largest absolute Gasteiger partial charge is 0.454 e. The Kier molecular flexibility index (Phi) is 4.77. The summed E-state index contributed by atoms with van der Waals surface area (Å²) < 4.78 is 25.1. The second-order valence-corrected chi connectivity index (χ2v) is 9.79. The zero-order valence-electron chi connectivity index (χ0n) is 15.0. The fourth-order valence-electron chi connectivity index (χ4n) is 3.49. The Hall–Kier alpha value is -2.55. The number of hydrogen-bond donors (Lipinski definition) is 1. The molecule has 1 N–H and O–H groups in total. The first-order chi connectivity index (χ1) is 13.1. The Balaban J connectivity index is 1.77. The maximum Gasteiger partial charge on any atom is 0.231 e. The van der Waals surface area contributed by atoms with Crippen molar-refractivity contribution < 1.29 is 19.1 Å². The first kappa shape index (κ1) is 17.8. The van der Waals surface area contributed by atoms with Gasteiger partial charge in [-0.05, 0) is 17.7 Å². The molecule has 4 nitrogen and oxygen atoms in total. The van der Waals surface area contributed by atoms with Crippen molar-refractivity contribution in [3.05, 3.63) is 84.4 Å². The Morgan fingerprint density at radius 2 is 1.41 bits per heavy atom. The van der Waals surface area contributed by atoms with Crippen LogP contribution in [0.15, 0.2) is 78.9 Å². The lowest BCUT2D eigenvalue weighted by Gasteiger charge is -2.30. The predicted octanol–water partition coefficient (Wildman–Crippen LogP) is 3.85. The van der Waals surface area contributed by atoms with Gasteiger partial charge in [-0.2, -0.15) is 0 Å². The van der Waals surface area contributed by atoms with Crippen LogP contribution in [0.4, 0.5) is 0 Å². The van der Waals surface area contributed by atoms with Gasteiger partial charge in [0.05, 0.1) is 6.10 Å². The number of aliphatic hydroxyl groups excluding tert-OH is 1. The molecule has 0 amide bonds. The third kappa shape index (κ3) is 3.16. The van der Waals surface area contributed by atoms with Gasteiger partial charge in [-0.3, -0.25) is 0 Å². The van der Waals surface area contributed by atoms with Crippen LogP contribution in [0, 0.1) is 0 Å². The molecule has 2 atom stereocenters. The van der Waals surface area contributed by atoms with Crippen molar-refractivity contribution in [3.8, 4) is 11.5 Å². The number of benzene rings is 3. The van der Waals surface area contributed by atoms with E-state index in [2.05, 4.69) is 0 Å². The molecule has 3 aromatic carbocycles. The Morgan fingerprint density at radius 3 is 2.00 bits per heavy atom. The van der Waals surface area contributed by atoms with E-state index in [9.17, 15) is 9.67 Å². The summed E-state index contributed by atoms with van der Waals surface area (Å²) in [5.74, 6) is 1.26. The quantitative estimate of drug-likeness (QED) is 0.683. The van der Waals surface area contributed by atoms with E-state index in [1.807, 2.05) is 67.6 Å². The van der Waals surface area contributed by atoms with E-state index in [0.717, 1.165) is 10.6 Å². The summed E-state index contributed by atoms with van der Waals surface area (Å²) in [5.41, 5.74) is 0.154. The first-order valence-corrected chi connectivity index (χ1v) is 10.7. The average Bonchev–Trinajstić information content (AvgIpc) is 3.21. The van der Waals surface area contributed by atoms with Crippen molar-refractivity contribution >= 4 is 17.8 Å². The molecule has 3 aromatic rings. The molecule has 27 heavy (non-hydrogen) atoms. The molecule has 0 aliphatic carbocycles. The second kappa shape index (κ2) is 7.22. The maximum absolute atomic E-state index is 14.3. The molecule has 0 fully saturated rings. The third-order valence-electron chi connectivity index (χ3n) is 5.05. The van der Waals surface area contributed by atoms with Gasteiger partial charge in [0.25, 0.3) is 0 Å². The molecular weight excluding hydrogens is 359 g/mol. The molecule has 4 rings (SSSR count). The lowest BCUT2D eigenvalue weighted by Crippen LogP contribution is -2.28. The smallest absolute Gasteiger partial charge is 0.231 e. The van der Waals surface area contributed by atoms with Crippen LogP contribution in [0.2, 0.25) is 0 Å². The molecule has 0 saturated carbocycles. The summed E-state index contributed by atoms with van der Waals surface area (Å²) in [6.07, 6.45) is -0.911. The van der Waals surface area contributed by atoms with Crippen LogP contribution in [0.5, 0.6) is 11.5 Å². The normalized spacial score (nSPS) is 15.3. The topological polar surface area (TPSA) is 55.8 Å². The van der Waals surface area contributed by atoms with Crippen LogP contribution in [0.3, 0.4) is 0 Å². The van der Waals surface area contributed by atoms with Gasteiger partial charge in [0.1, 0.15) is 7.14 Å². The van der Waals surface area contributed by atoms with Crippen LogP contribution in [-0.2, 0) is 4.57 Å². The van der Waals surface area contributed by atoms with E-state index in [1.165, 1.54) is 0 Å². The first-order valence-electron chi connectivity index (χ1n) is 8.89. The van der Waals surface area contributed by atoms with E-state index in [4.69, 9.17) is 9.47 Å². The van der Waals surface area contributed by atoms with Crippen molar-refractivity contribution in [3.63, 3.8) is 0 Å². The van der Waals surface area contributed by atoms with Crippen molar-refractivity contribution in [2.24, 2.45) is 0 Å². The van der Waals surface area contributed by atoms with Gasteiger partial charge in [0.15, 0.2) is 11.5 Å². The Morgan fingerprint density at radius 1 is 0.852 bits per heavy atom. The molecule has 0 aromatic heterocycles. The van der Waals surface area contributed by atoms with E-state index >= 15 is 0 Å². The van der Waals surface area contributed by atoms with Gasteiger partial charge in [0, 0.05) is 16.3 Å². The molecule has 1 aliphatic rings. The number of ether oxygens (including phenoxy) is 2. The van der Waals surface area contributed by atoms with Crippen molar-refractivity contribution in [2.75, 3.05) is 6.79 Å². The monoisotopic (exact) mass is 380 g/mol. The van der Waals surface area contributed by atoms with E-state index < -0.39 is 18.9 Å². The maximum atomic E-state index is 14.3. The Labute approximate surface area is 158 Å². The summed E-state index contributed by atoms with van der Waals surface area (Å²) in [6, 6.07) is 24.2. The Bertz CT molecular complexity index is 929. The molecule has 0 spiro atoms. The molecular formula is C22H21O4P. The summed E-state index contributed by atoms with van der Waals surface area (Å²) in [5, 5.41) is 12.6. The van der Waals surface area contributed by atoms with Crippen molar-refractivity contribution in [2.45, 2.75) is 18.7 Å². The SMILES string of the molecule is C[C@@H]([C@H](O)c1ccc2c(c1)OCO2)P(=O)(c1ccccc1)c1ccccc1. The fourth-order valence-corrected chi connectivity index (χ4v) is 6.53. The van der Waals surface area contributed by atoms with Gasteiger partial charge in [-0.25, -0.2) is 0 Å². The standard InChI is InChI=1S/C22H21O4P/c1-16(22(23)17-12-13-20-21(14-17)26-15-25-20)27(24,18-8-4-2-5-9-18)19-10-6-3-7-11-19/h2-14,16,22-23H,15H2,1H3/t16-,22-/m0/s1. The lowest BCUT2D eigenvalue weighted by atomic mass is 10.1. The van der Waals surface area contributed by atoms with Crippen LogP contribution in [-0.4, -0.2) is 17.6 Å². The van der Waals surface area contributed by atoms with Crippen molar-refractivity contribution in [1.29, 1.82) is 0 Å². The van der Waals surface area contributed by atoms with Crippen LogP contribution in [0.1, 0.15) is 18.6 Å². The highest BCUT2D eigenvalue weighted by atomic mass is 31.2. The molecule has 0 radical (unpaired) electrons. The lowest BCUT2D eigenvalue weighted by molar-refractivity contribution is 0.171. The average molecular weight is 380 g/mol. The van der Waals surface area contributed by atoms with Gasteiger partial charge >= 0.3 is 0 Å². The molecule has 1 aliphatic heterocycles. The highest BCUT2D eigenvalue weighted by Gasteiger charge is 2.38. The zero-order valence-corrected chi connectivity index (χ0v) is 15.9. The van der Waals surface area contributed by atoms with Crippen molar-refractivity contribution in [1.82, 2.24) is 0 Å². The molecule has 1 heterocycles. The summed E-state index contributed by atoms with van der Waals surface area (Å²) in [7, 11) is -3.08. The molecule has 5 heteroatoms. The fraction of sp³-hybridized carbons (Fsp3) is 0.182. The van der Waals surface area contributed by atoms with Crippen LogP contribution < -0.4 is 20.1 Å². The number of fused-ring (bicyclic) bond motifs is 1. The second-order valence-electron chi connectivity index (χ2n) is 6.63. The predicted molar refractivity (Wildman–Crippen MR) is 107 cm³/mol. The van der Waals surface area contributed by atoms with E-state index in [1.54, 1.807) is 18.2 Å².